The second kappa shape index (κ2) is 6.49. The fourth-order valence-corrected chi connectivity index (χ4v) is 4.67. The summed E-state index contributed by atoms with van der Waals surface area (Å²) in [7, 11) is -4.34. The molecule has 4 rings (SSSR count). The van der Waals surface area contributed by atoms with Crippen LogP contribution >= 0.6 is 0 Å². The lowest BCUT2D eigenvalue weighted by molar-refractivity contribution is -0.139. The molecule has 0 fully saturated rings. The van der Waals surface area contributed by atoms with Gasteiger partial charge in [0.2, 0.25) is 9.84 Å². The standard InChI is InChI=1S/C18H12F3N3O5S/c19-18(20,21)9-23-7-6-10-4-5-11(8-13(10)23)30(28,29)14-3-1-2-12-15(14)22-17(26)24(27)16(12)25/h1-8,27H,9H2,(H,22,26). The van der Waals surface area contributed by atoms with E-state index in [1.54, 1.807) is 0 Å². The second-order valence-electron chi connectivity index (χ2n) is 6.51. The maximum atomic E-state index is 13.2. The first kappa shape index (κ1) is 19.8. The smallest absolute Gasteiger partial charge is 0.406 e. The minimum atomic E-state index is -4.50. The summed E-state index contributed by atoms with van der Waals surface area (Å²) in [5.74, 6) is 0. The number of nitrogens with one attached hydrogen (secondary N) is 1. The normalized spacial score (nSPS) is 12.6. The van der Waals surface area contributed by atoms with Crippen molar-refractivity contribution in [1.29, 1.82) is 0 Å². The zero-order valence-electron chi connectivity index (χ0n) is 14.8. The van der Waals surface area contributed by atoms with Crippen molar-refractivity contribution in [1.82, 2.24) is 14.3 Å². The number of sulfone groups is 1. The molecule has 0 aliphatic rings. The van der Waals surface area contributed by atoms with Gasteiger partial charge in [-0.3, -0.25) is 4.79 Å². The van der Waals surface area contributed by atoms with Gasteiger partial charge in [-0.15, -0.1) is 0 Å². The summed E-state index contributed by atoms with van der Waals surface area (Å²) in [5, 5.41) is 9.61. The molecule has 0 unspecified atom stereocenters. The van der Waals surface area contributed by atoms with E-state index in [-0.39, 0.29) is 26.0 Å². The van der Waals surface area contributed by atoms with Gasteiger partial charge in [-0.1, -0.05) is 16.9 Å². The number of hydrogen-bond acceptors (Lipinski definition) is 5. The Morgan fingerprint density at radius 2 is 1.80 bits per heavy atom. The van der Waals surface area contributed by atoms with Gasteiger partial charge in [0.1, 0.15) is 6.54 Å². The SMILES string of the molecule is O=c1[nH]c2c(S(=O)(=O)c3ccc4ccn(CC(F)(F)F)c4c3)cccc2c(=O)n1O. The molecule has 2 N–H and O–H groups in total. The molecular formula is C18H12F3N3O5S. The molecule has 0 spiro atoms. The molecule has 8 nitrogen and oxygen atoms in total. The van der Waals surface area contributed by atoms with Crippen molar-refractivity contribution in [3.8, 4) is 0 Å². The molecule has 0 aliphatic heterocycles. The van der Waals surface area contributed by atoms with Crippen molar-refractivity contribution >= 4 is 31.6 Å². The highest BCUT2D eigenvalue weighted by Crippen LogP contribution is 2.29. The molecule has 0 saturated heterocycles. The summed E-state index contributed by atoms with van der Waals surface area (Å²) < 4.78 is 65.5. The topological polar surface area (TPSA) is 114 Å². The van der Waals surface area contributed by atoms with E-state index in [0.717, 1.165) is 16.7 Å². The number of H-pyrrole nitrogens is 1. The van der Waals surface area contributed by atoms with E-state index < -0.39 is 38.7 Å². The summed E-state index contributed by atoms with van der Waals surface area (Å²) in [6.07, 6.45) is -3.30. The number of aromatic amines is 1. The first-order valence-corrected chi connectivity index (χ1v) is 9.85. The predicted molar refractivity (Wildman–Crippen MR) is 99.5 cm³/mol. The Kier molecular flexibility index (Phi) is 4.27. The molecule has 0 amide bonds. The third-order valence-electron chi connectivity index (χ3n) is 4.57. The molecule has 4 aromatic rings. The lowest BCUT2D eigenvalue weighted by Gasteiger charge is -2.11. The van der Waals surface area contributed by atoms with Crippen LogP contribution in [-0.4, -0.2) is 34.1 Å². The van der Waals surface area contributed by atoms with E-state index in [0.29, 0.717) is 5.39 Å². The predicted octanol–water partition coefficient (Wildman–Crippen LogP) is 2.28. The van der Waals surface area contributed by atoms with Crippen molar-refractivity contribution in [2.45, 2.75) is 22.5 Å². The van der Waals surface area contributed by atoms with Gasteiger partial charge in [-0.2, -0.15) is 13.2 Å². The molecule has 12 heteroatoms. The van der Waals surface area contributed by atoms with Crippen LogP contribution < -0.4 is 11.2 Å². The Morgan fingerprint density at radius 1 is 1.07 bits per heavy atom. The zero-order chi connectivity index (χ0) is 21.8. The van der Waals surface area contributed by atoms with E-state index in [4.69, 9.17) is 0 Å². The Morgan fingerprint density at radius 3 is 2.50 bits per heavy atom. The van der Waals surface area contributed by atoms with Gasteiger partial charge in [0.15, 0.2) is 0 Å². The summed E-state index contributed by atoms with van der Waals surface area (Å²) in [4.78, 5) is 25.2. The largest absolute Gasteiger partial charge is 0.421 e. The molecular weight excluding hydrogens is 427 g/mol. The van der Waals surface area contributed by atoms with Crippen molar-refractivity contribution in [3.05, 3.63) is 69.5 Å². The molecule has 0 bridgehead atoms. The quantitative estimate of drug-likeness (QED) is 0.476. The van der Waals surface area contributed by atoms with Gasteiger partial charge >= 0.3 is 11.9 Å². The minimum absolute atomic E-state index is 0.0554. The molecule has 0 radical (unpaired) electrons. The highest BCUT2D eigenvalue weighted by Gasteiger charge is 2.29. The number of nitrogens with zero attached hydrogens (tertiary/aromatic N) is 2. The van der Waals surface area contributed by atoms with Crippen molar-refractivity contribution in [2.75, 3.05) is 0 Å². The number of aromatic nitrogens is 3. The van der Waals surface area contributed by atoms with Crippen LogP contribution in [0.5, 0.6) is 0 Å². The van der Waals surface area contributed by atoms with Crippen LogP contribution in [0.4, 0.5) is 13.2 Å². The lowest BCUT2D eigenvalue weighted by atomic mass is 10.2. The maximum Gasteiger partial charge on any atom is 0.406 e. The van der Waals surface area contributed by atoms with Crippen molar-refractivity contribution in [3.63, 3.8) is 0 Å². The first-order chi connectivity index (χ1) is 14.0. The van der Waals surface area contributed by atoms with E-state index in [2.05, 4.69) is 4.98 Å². The van der Waals surface area contributed by atoms with Crippen LogP contribution in [0.25, 0.3) is 21.8 Å². The number of hydrogen-bond donors (Lipinski definition) is 2. The van der Waals surface area contributed by atoms with Gasteiger partial charge in [0.25, 0.3) is 5.56 Å². The Hall–Kier alpha value is -3.54. The van der Waals surface area contributed by atoms with Gasteiger partial charge in [-0.05, 0) is 35.7 Å². The van der Waals surface area contributed by atoms with E-state index in [1.807, 2.05) is 0 Å². The van der Waals surface area contributed by atoms with Crippen LogP contribution in [0.1, 0.15) is 0 Å². The van der Waals surface area contributed by atoms with Crippen LogP contribution in [-0.2, 0) is 16.4 Å². The van der Waals surface area contributed by atoms with E-state index >= 15 is 0 Å². The lowest BCUT2D eigenvalue weighted by Crippen LogP contribution is -2.33. The molecule has 0 saturated carbocycles. The molecule has 30 heavy (non-hydrogen) atoms. The summed E-state index contributed by atoms with van der Waals surface area (Å²) in [6.45, 7) is -1.29. The first-order valence-electron chi connectivity index (χ1n) is 8.37. The minimum Gasteiger partial charge on any atom is -0.421 e. The molecule has 2 aromatic heterocycles. The van der Waals surface area contributed by atoms with Gasteiger partial charge in [0, 0.05) is 11.7 Å². The van der Waals surface area contributed by atoms with Crippen LogP contribution in [0.2, 0.25) is 0 Å². The van der Waals surface area contributed by atoms with E-state index in [9.17, 15) is 36.4 Å². The van der Waals surface area contributed by atoms with Gasteiger partial charge in [-0.25, -0.2) is 13.2 Å². The van der Waals surface area contributed by atoms with Crippen molar-refractivity contribution < 1.29 is 26.8 Å². The number of benzene rings is 2. The highest BCUT2D eigenvalue weighted by molar-refractivity contribution is 7.91. The molecule has 0 atom stereocenters. The van der Waals surface area contributed by atoms with Crippen LogP contribution in [0.15, 0.2) is 68.0 Å². The summed E-state index contributed by atoms with van der Waals surface area (Å²) in [6, 6.07) is 8.73. The number of rotatable bonds is 3. The average Bonchev–Trinajstić information content (AvgIpc) is 3.06. The number of halogens is 3. The maximum absolute atomic E-state index is 13.2. The summed E-state index contributed by atoms with van der Waals surface area (Å²) in [5.41, 5.74) is -2.60. The van der Waals surface area contributed by atoms with Crippen LogP contribution in [0, 0.1) is 0 Å². The number of para-hydroxylation sites is 1. The highest BCUT2D eigenvalue weighted by atomic mass is 32.2. The second-order valence-corrected chi connectivity index (χ2v) is 8.43. The third-order valence-corrected chi connectivity index (χ3v) is 6.36. The average molecular weight is 439 g/mol. The van der Waals surface area contributed by atoms with Crippen molar-refractivity contribution in [2.24, 2.45) is 0 Å². The Balaban J connectivity index is 1.95. The Bertz CT molecular complexity index is 1530. The van der Waals surface area contributed by atoms with Crippen LogP contribution in [0.3, 0.4) is 0 Å². The molecule has 2 aromatic carbocycles. The third kappa shape index (κ3) is 3.14. The zero-order valence-corrected chi connectivity index (χ0v) is 15.7. The number of fused-ring (bicyclic) bond motifs is 2. The Labute approximate surface area is 165 Å². The molecule has 2 heterocycles. The van der Waals surface area contributed by atoms with Gasteiger partial charge < -0.3 is 14.8 Å². The molecule has 0 aliphatic carbocycles. The fraction of sp³-hybridized carbons (Fsp3) is 0.111. The molecule has 156 valence electrons. The summed E-state index contributed by atoms with van der Waals surface area (Å²) >= 11 is 0. The number of alkyl halides is 3. The monoisotopic (exact) mass is 439 g/mol. The van der Waals surface area contributed by atoms with Gasteiger partial charge in [0.05, 0.1) is 20.7 Å². The fourth-order valence-electron chi connectivity index (χ4n) is 3.22. The van der Waals surface area contributed by atoms with E-state index in [1.165, 1.54) is 36.5 Å².